The molecular formula is C15H12N2O2. The lowest BCUT2D eigenvalue weighted by Crippen LogP contribution is -1.94. The van der Waals surface area contributed by atoms with Crippen molar-refractivity contribution in [2.75, 3.05) is 0 Å². The van der Waals surface area contributed by atoms with Gasteiger partial charge in [0.1, 0.15) is 0 Å². The summed E-state index contributed by atoms with van der Waals surface area (Å²) in [7, 11) is 0. The van der Waals surface area contributed by atoms with Crippen LogP contribution in [0.4, 0.5) is 0 Å². The molecule has 0 amide bonds. The molecule has 0 aliphatic heterocycles. The summed E-state index contributed by atoms with van der Waals surface area (Å²) in [5.41, 5.74) is 4.33. The standard InChI is InChI=1S/C15H12N2O2/c1-9-12-8-11(15(18)19)2-3-13(12)17-14(9)10-4-6-16-7-5-10/h2-8,17H,1H3,(H,18,19). The molecule has 0 saturated heterocycles. The second-order valence-corrected chi connectivity index (χ2v) is 4.43. The number of aromatic carboxylic acids is 1. The van der Waals surface area contributed by atoms with Gasteiger partial charge in [-0.3, -0.25) is 4.98 Å². The van der Waals surface area contributed by atoms with Gasteiger partial charge in [-0.25, -0.2) is 4.79 Å². The van der Waals surface area contributed by atoms with Crippen molar-refractivity contribution in [1.82, 2.24) is 9.97 Å². The monoisotopic (exact) mass is 252 g/mol. The van der Waals surface area contributed by atoms with Crippen molar-refractivity contribution in [1.29, 1.82) is 0 Å². The number of fused-ring (bicyclic) bond motifs is 1. The van der Waals surface area contributed by atoms with E-state index in [2.05, 4.69) is 9.97 Å². The van der Waals surface area contributed by atoms with Crippen molar-refractivity contribution in [3.63, 3.8) is 0 Å². The zero-order valence-corrected chi connectivity index (χ0v) is 10.3. The Morgan fingerprint density at radius 1 is 1.21 bits per heavy atom. The van der Waals surface area contributed by atoms with Crippen LogP contribution in [-0.2, 0) is 0 Å². The van der Waals surface area contributed by atoms with Gasteiger partial charge in [-0.05, 0) is 42.8 Å². The van der Waals surface area contributed by atoms with Crippen molar-refractivity contribution in [2.24, 2.45) is 0 Å². The molecule has 0 aliphatic carbocycles. The maximum Gasteiger partial charge on any atom is 0.335 e. The summed E-state index contributed by atoms with van der Waals surface area (Å²) < 4.78 is 0. The number of nitrogens with one attached hydrogen (secondary N) is 1. The summed E-state index contributed by atoms with van der Waals surface area (Å²) in [4.78, 5) is 18.3. The molecule has 19 heavy (non-hydrogen) atoms. The summed E-state index contributed by atoms with van der Waals surface area (Å²) in [6.45, 7) is 1.99. The number of aromatic amines is 1. The minimum atomic E-state index is -0.909. The van der Waals surface area contributed by atoms with Crippen LogP contribution in [-0.4, -0.2) is 21.0 Å². The Balaban J connectivity index is 2.24. The first-order chi connectivity index (χ1) is 9.16. The zero-order chi connectivity index (χ0) is 13.4. The third-order valence-electron chi connectivity index (χ3n) is 3.27. The second-order valence-electron chi connectivity index (χ2n) is 4.43. The molecule has 94 valence electrons. The van der Waals surface area contributed by atoms with Crippen molar-refractivity contribution >= 4 is 16.9 Å². The van der Waals surface area contributed by atoms with E-state index in [4.69, 9.17) is 5.11 Å². The molecule has 2 N–H and O–H groups in total. The summed E-state index contributed by atoms with van der Waals surface area (Å²) in [6, 6.07) is 8.97. The summed E-state index contributed by atoms with van der Waals surface area (Å²) >= 11 is 0. The number of carboxylic acids is 1. The highest BCUT2D eigenvalue weighted by Crippen LogP contribution is 2.29. The van der Waals surface area contributed by atoms with Crippen molar-refractivity contribution in [3.8, 4) is 11.3 Å². The minimum Gasteiger partial charge on any atom is -0.478 e. The summed E-state index contributed by atoms with van der Waals surface area (Å²) in [5.74, 6) is -0.909. The number of H-pyrrole nitrogens is 1. The zero-order valence-electron chi connectivity index (χ0n) is 10.3. The van der Waals surface area contributed by atoms with E-state index >= 15 is 0 Å². The minimum absolute atomic E-state index is 0.302. The lowest BCUT2D eigenvalue weighted by molar-refractivity contribution is 0.0697. The highest BCUT2D eigenvalue weighted by Gasteiger charge is 2.11. The number of carbonyl (C=O) groups is 1. The van der Waals surface area contributed by atoms with Crippen LogP contribution in [0.3, 0.4) is 0 Å². The van der Waals surface area contributed by atoms with Crippen LogP contribution in [0.1, 0.15) is 15.9 Å². The predicted octanol–water partition coefficient (Wildman–Crippen LogP) is 3.24. The van der Waals surface area contributed by atoms with E-state index in [1.54, 1.807) is 30.6 Å². The molecule has 4 heteroatoms. The highest BCUT2D eigenvalue weighted by molar-refractivity contribution is 5.97. The number of carboxylic acid groups (broad SMARTS) is 1. The van der Waals surface area contributed by atoms with Gasteiger partial charge in [0.05, 0.1) is 5.56 Å². The van der Waals surface area contributed by atoms with Gasteiger partial charge >= 0.3 is 5.97 Å². The van der Waals surface area contributed by atoms with Gasteiger partial charge < -0.3 is 10.1 Å². The van der Waals surface area contributed by atoms with Crippen molar-refractivity contribution < 1.29 is 9.90 Å². The van der Waals surface area contributed by atoms with Gasteiger partial charge in [0, 0.05) is 34.6 Å². The van der Waals surface area contributed by atoms with Gasteiger partial charge in [-0.1, -0.05) is 0 Å². The number of nitrogens with zero attached hydrogens (tertiary/aromatic N) is 1. The molecule has 3 aromatic rings. The third kappa shape index (κ3) is 1.87. The van der Waals surface area contributed by atoms with Gasteiger partial charge in [0.15, 0.2) is 0 Å². The molecule has 0 bridgehead atoms. The van der Waals surface area contributed by atoms with Crippen LogP contribution in [0.15, 0.2) is 42.7 Å². The molecule has 0 spiro atoms. The fraction of sp³-hybridized carbons (Fsp3) is 0.0667. The molecular weight excluding hydrogens is 240 g/mol. The van der Waals surface area contributed by atoms with E-state index in [9.17, 15) is 4.79 Å². The maximum absolute atomic E-state index is 11.0. The highest BCUT2D eigenvalue weighted by atomic mass is 16.4. The molecule has 2 heterocycles. The first kappa shape index (κ1) is 11.5. The molecule has 0 unspecified atom stereocenters. The van der Waals surface area contributed by atoms with E-state index in [0.29, 0.717) is 5.56 Å². The van der Waals surface area contributed by atoms with E-state index in [0.717, 1.165) is 27.7 Å². The Labute approximate surface area is 109 Å². The number of hydrogen-bond acceptors (Lipinski definition) is 2. The van der Waals surface area contributed by atoms with Gasteiger partial charge in [-0.15, -0.1) is 0 Å². The lowest BCUT2D eigenvalue weighted by atomic mass is 10.1. The number of rotatable bonds is 2. The fourth-order valence-corrected chi connectivity index (χ4v) is 2.27. The van der Waals surface area contributed by atoms with E-state index in [1.165, 1.54) is 0 Å². The van der Waals surface area contributed by atoms with Crippen LogP contribution in [0.5, 0.6) is 0 Å². The SMILES string of the molecule is Cc1c(-c2ccncc2)[nH]c2ccc(C(=O)O)cc12. The Bertz CT molecular complexity index is 760. The van der Waals surface area contributed by atoms with Crippen molar-refractivity contribution in [2.45, 2.75) is 6.92 Å². The van der Waals surface area contributed by atoms with Crippen LogP contribution in [0.2, 0.25) is 0 Å². The quantitative estimate of drug-likeness (QED) is 0.735. The smallest absolute Gasteiger partial charge is 0.335 e. The fourth-order valence-electron chi connectivity index (χ4n) is 2.27. The topological polar surface area (TPSA) is 66.0 Å². The average Bonchev–Trinajstić information content (AvgIpc) is 2.77. The third-order valence-corrected chi connectivity index (χ3v) is 3.27. The number of hydrogen-bond donors (Lipinski definition) is 2. The first-order valence-electron chi connectivity index (χ1n) is 5.93. The Morgan fingerprint density at radius 2 is 1.95 bits per heavy atom. The Kier molecular flexibility index (Phi) is 2.56. The molecule has 1 aromatic carbocycles. The lowest BCUT2D eigenvalue weighted by Gasteiger charge is -1.99. The average molecular weight is 252 g/mol. The summed E-state index contributed by atoms with van der Waals surface area (Å²) in [6.07, 6.45) is 3.48. The molecule has 3 rings (SSSR count). The Morgan fingerprint density at radius 3 is 2.63 bits per heavy atom. The molecule has 0 saturated carbocycles. The van der Waals surface area contributed by atoms with Crippen LogP contribution in [0, 0.1) is 6.92 Å². The maximum atomic E-state index is 11.0. The molecule has 0 fully saturated rings. The normalized spacial score (nSPS) is 10.8. The largest absolute Gasteiger partial charge is 0.478 e. The van der Waals surface area contributed by atoms with E-state index in [1.807, 2.05) is 19.1 Å². The van der Waals surface area contributed by atoms with E-state index < -0.39 is 5.97 Å². The molecule has 0 radical (unpaired) electrons. The van der Waals surface area contributed by atoms with Gasteiger partial charge in [0.2, 0.25) is 0 Å². The van der Waals surface area contributed by atoms with Crippen molar-refractivity contribution in [3.05, 3.63) is 53.9 Å². The number of pyridine rings is 1. The van der Waals surface area contributed by atoms with Gasteiger partial charge in [0.25, 0.3) is 0 Å². The van der Waals surface area contributed by atoms with Gasteiger partial charge in [-0.2, -0.15) is 0 Å². The number of aromatic nitrogens is 2. The summed E-state index contributed by atoms with van der Waals surface area (Å²) in [5, 5.41) is 9.98. The van der Waals surface area contributed by atoms with E-state index in [-0.39, 0.29) is 0 Å². The molecule has 0 aliphatic rings. The molecule has 2 aromatic heterocycles. The van der Waals surface area contributed by atoms with Crippen LogP contribution in [0.25, 0.3) is 22.2 Å². The van der Waals surface area contributed by atoms with Crippen LogP contribution >= 0.6 is 0 Å². The molecule has 4 nitrogen and oxygen atoms in total. The van der Waals surface area contributed by atoms with Crippen LogP contribution < -0.4 is 0 Å². The number of benzene rings is 1. The first-order valence-corrected chi connectivity index (χ1v) is 5.93. The molecule has 0 atom stereocenters. The predicted molar refractivity (Wildman–Crippen MR) is 73.2 cm³/mol. The second kappa shape index (κ2) is 4.24. The number of aryl methyl sites for hydroxylation is 1. The Hall–Kier alpha value is -2.62.